The number of alkyl carbamates (subject to hydrolysis) is 1. The van der Waals surface area contributed by atoms with Crippen LogP contribution in [-0.2, 0) is 4.74 Å². The van der Waals surface area contributed by atoms with E-state index in [1.54, 1.807) is 11.3 Å². The van der Waals surface area contributed by atoms with Crippen LogP contribution in [0.3, 0.4) is 0 Å². The highest BCUT2D eigenvalue weighted by molar-refractivity contribution is 14.1. The molecule has 1 amide bonds. The number of hydrogen-bond acceptors (Lipinski definition) is 6. The third kappa shape index (κ3) is 4.25. The summed E-state index contributed by atoms with van der Waals surface area (Å²) in [6, 6.07) is 0.158. The maximum atomic E-state index is 11.8. The molecule has 0 atom stereocenters. The predicted molar refractivity (Wildman–Crippen MR) is 98.2 cm³/mol. The molecule has 3 rings (SSSR count). The molecule has 0 unspecified atom stereocenters. The third-order valence-electron chi connectivity index (χ3n) is 3.49. The van der Waals surface area contributed by atoms with Gasteiger partial charge in [0.25, 0.3) is 0 Å². The fraction of sp³-hybridized carbons (Fsp3) is 0.643. The van der Waals surface area contributed by atoms with Crippen molar-refractivity contribution in [3.8, 4) is 0 Å². The Hall–Kier alpha value is -1.10. The van der Waals surface area contributed by atoms with Gasteiger partial charge in [-0.3, -0.25) is 0 Å². The summed E-state index contributed by atoms with van der Waals surface area (Å²) in [7, 11) is 0. The normalized spacial score (nSPS) is 16.8. The van der Waals surface area contributed by atoms with Crippen LogP contribution in [0.4, 0.5) is 9.93 Å². The Kier molecular flexibility index (Phi) is 4.68. The quantitative estimate of drug-likeness (QED) is 0.715. The van der Waals surface area contributed by atoms with Gasteiger partial charge in [-0.15, -0.1) is 5.10 Å². The number of carbonyl (C=O) groups excluding carboxylic acids is 1. The van der Waals surface area contributed by atoms with E-state index in [9.17, 15) is 4.79 Å². The maximum absolute atomic E-state index is 11.8. The first-order valence-electron chi connectivity index (χ1n) is 7.56. The first-order chi connectivity index (χ1) is 10.8. The highest BCUT2D eigenvalue weighted by Gasteiger charge is 2.25. The van der Waals surface area contributed by atoms with Crippen molar-refractivity contribution < 1.29 is 9.53 Å². The second kappa shape index (κ2) is 6.42. The molecule has 0 spiro atoms. The number of nitrogens with one attached hydrogen (secondary N) is 1. The molecule has 2 aromatic rings. The molecule has 1 aliphatic rings. The summed E-state index contributed by atoms with van der Waals surface area (Å²) < 4.78 is 8.08. The lowest BCUT2D eigenvalue weighted by molar-refractivity contribution is 0.0497. The first kappa shape index (κ1) is 16.7. The standard InChI is InChI=1S/C14H20IN5O2S/c1-14(2,3)22-13(21)16-9-4-6-19(7-5-9)12-18-20-8-10(15)17-11(20)23-12/h8-9H,4-7H2,1-3H3,(H,16,21). The van der Waals surface area contributed by atoms with Gasteiger partial charge in [0.2, 0.25) is 10.1 Å². The van der Waals surface area contributed by atoms with Gasteiger partial charge < -0.3 is 15.0 Å². The van der Waals surface area contributed by atoms with Gasteiger partial charge in [-0.2, -0.15) is 0 Å². The van der Waals surface area contributed by atoms with E-state index < -0.39 is 5.60 Å². The lowest BCUT2D eigenvalue weighted by Gasteiger charge is -2.32. The fourth-order valence-corrected chi connectivity index (χ4v) is 4.07. The van der Waals surface area contributed by atoms with Crippen LogP contribution in [-0.4, -0.2) is 45.4 Å². The van der Waals surface area contributed by atoms with Crippen LogP contribution >= 0.6 is 33.9 Å². The number of amides is 1. The van der Waals surface area contributed by atoms with Gasteiger partial charge in [-0.05, 0) is 56.2 Å². The van der Waals surface area contributed by atoms with Gasteiger partial charge in [0.05, 0.1) is 6.20 Å². The van der Waals surface area contributed by atoms with Gasteiger partial charge in [0.1, 0.15) is 9.30 Å². The Bertz CT molecular complexity index is 668. The lowest BCUT2D eigenvalue weighted by Crippen LogP contribution is -2.46. The maximum Gasteiger partial charge on any atom is 0.407 e. The molecule has 0 aromatic carbocycles. The topological polar surface area (TPSA) is 71.8 Å². The van der Waals surface area contributed by atoms with Crippen molar-refractivity contribution >= 4 is 50.1 Å². The summed E-state index contributed by atoms with van der Waals surface area (Å²) in [6.07, 6.45) is 3.36. The van der Waals surface area contributed by atoms with E-state index in [1.165, 1.54) is 0 Å². The fourth-order valence-electron chi connectivity index (χ4n) is 2.48. The molecule has 0 aliphatic carbocycles. The van der Waals surface area contributed by atoms with E-state index in [4.69, 9.17) is 4.74 Å². The molecule has 0 bridgehead atoms. The van der Waals surface area contributed by atoms with Crippen molar-refractivity contribution in [1.82, 2.24) is 19.9 Å². The minimum atomic E-state index is -0.460. The monoisotopic (exact) mass is 449 g/mol. The Balaban J connectivity index is 1.53. The van der Waals surface area contributed by atoms with Gasteiger partial charge in [-0.1, -0.05) is 11.3 Å². The molecule has 1 fully saturated rings. The van der Waals surface area contributed by atoms with E-state index in [0.29, 0.717) is 0 Å². The lowest BCUT2D eigenvalue weighted by atomic mass is 10.1. The van der Waals surface area contributed by atoms with Gasteiger partial charge in [-0.25, -0.2) is 14.3 Å². The zero-order valence-corrected chi connectivity index (χ0v) is 16.3. The molecular formula is C14H20IN5O2S. The third-order valence-corrected chi connectivity index (χ3v) is 4.99. The van der Waals surface area contributed by atoms with E-state index in [-0.39, 0.29) is 12.1 Å². The number of nitrogens with zero attached hydrogens (tertiary/aromatic N) is 4. The molecule has 1 aliphatic heterocycles. The number of fused-ring (bicyclic) bond motifs is 1. The average Bonchev–Trinajstić information content (AvgIpc) is 2.94. The Morgan fingerprint density at radius 3 is 2.74 bits per heavy atom. The van der Waals surface area contributed by atoms with Gasteiger partial charge >= 0.3 is 6.09 Å². The molecule has 0 saturated carbocycles. The average molecular weight is 449 g/mol. The minimum Gasteiger partial charge on any atom is -0.444 e. The van der Waals surface area contributed by atoms with Crippen LogP contribution < -0.4 is 10.2 Å². The predicted octanol–water partition coefficient (Wildman–Crippen LogP) is 2.89. The second-order valence-electron chi connectivity index (χ2n) is 6.58. The van der Waals surface area contributed by atoms with E-state index >= 15 is 0 Å². The number of carbonyl (C=O) groups is 1. The largest absolute Gasteiger partial charge is 0.444 e. The number of rotatable bonds is 2. The smallest absolute Gasteiger partial charge is 0.407 e. The van der Waals surface area contributed by atoms with E-state index in [1.807, 2.05) is 31.5 Å². The molecular weight excluding hydrogens is 429 g/mol. The highest BCUT2D eigenvalue weighted by Crippen LogP contribution is 2.26. The number of aromatic nitrogens is 3. The van der Waals surface area contributed by atoms with E-state index in [0.717, 1.165) is 39.7 Å². The van der Waals surface area contributed by atoms with Crippen LogP contribution in [0.15, 0.2) is 6.20 Å². The van der Waals surface area contributed by atoms with Crippen molar-refractivity contribution in [2.45, 2.75) is 45.3 Å². The zero-order chi connectivity index (χ0) is 16.6. The Morgan fingerprint density at radius 2 is 2.13 bits per heavy atom. The van der Waals surface area contributed by atoms with Gasteiger partial charge in [0, 0.05) is 19.1 Å². The molecule has 23 heavy (non-hydrogen) atoms. The molecule has 1 N–H and O–H groups in total. The van der Waals surface area contributed by atoms with Crippen LogP contribution in [0.5, 0.6) is 0 Å². The molecule has 2 aromatic heterocycles. The summed E-state index contributed by atoms with van der Waals surface area (Å²) in [5, 5.41) is 8.51. The molecule has 126 valence electrons. The zero-order valence-electron chi connectivity index (χ0n) is 13.4. The van der Waals surface area contributed by atoms with Crippen LogP contribution in [0.2, 0.25) is 0 Å². The second-order valence-corrected chi connectivity index (χ2v) is 8.62. The Labute approximate surface area is 152 Å². The number of piperidine rings is 1. The number of ether oxygens (including phenoxy) is 1. The molecule has 3 heterocycles. The van der Waals surface area contributed by atoms with Gasteiger partial charge in [0.15, 0.2) is 0 Å². The van der Waals surface area contributed by atoms with Crippen molar-refractivity contribution in [3.63, 3.8) is 0 Å². The van der Waals surface area contributed by atoms with Crippen LogP contribution in [0.1, 0.15) is 33.6 Å². The van der Waals surface area contributed by atoms with Crippen molar-refractivity contribution in [1.29, 1.82) is 0 Å². The van der Waals surface area contributed by atoms with Crippen molar-refractivity contribution in [2.24, 2.45) is 0 Å². The number of hydrogen-bond donors (Lipinski definition) is 1. The SMILES string of the molecule is CC(C)(C)OC(=O)NC1CCN(c2nn3cc(I)nc3s2)CC1. The Morgan fingerprint density at radius 1 is 1.43 bits per heavy atom. The summed E-state index contributed by atoms with van der Waals surface area (Å²) >= 11 is 3.79. The van der Waals surface area contributed by atoms with Crippen molar-refractivity contribution in [2.75, 3.05) is 18.0 Å². The van der Waals surface area contributed by atoms with Crippen LogP contribution in [0.25, 0.3) is 4.96 Å². The van der Waals surface area contributed by atoms with Crippen molar-refractivity contribution in [3.05, 3.63) is 9.90 Å². The van der Waals surface area contributed by atoms with E-state index in [2.05, 4.69) is 42.9 Å². The number of anilines is 1. The first-order valence-corrected chi connectivity index (χ1v) is 9.46. The number of imidazole rings is 1. The summed E-state index contributed by atoms with van der Waals surface area (Å²) in [4.78, 5) is 19.4. The molecule has 0 radical (unpaired) electrons. The minimum absolute atomic E-state index is 0.158. The highest BCUT2D eigenvalue weighted by atomic mass is 127. The molecule has 7 nitrogen and oxygen atoms in total. The summed E-state index contributed by atoms with van der Waals surface area (Å²) in [6.45, 7) is 7.35. The molecule has 9 heteroatoms. The summed E-state index contributed by atoms with van der Waals surface area (Å²) in [5.41, 5.74) is -0.460. The number of halogens is 1. The molecule has 1 saturated heterocycles. The van der Waals surface area contributed by atoms with Crippen LogP contribution in [0, 0.1) is 3.70 Å². The summed E-state index contributed by atoms with van der Waals surface area (Å²) in [5.74, 6) is 0.